The molecule has 0 spiro atoms. The predicted octanol–water partition coefficient (Wildman–Crippen LogP) is 3.96. The van der Waals surface area contributed by atoms with Crippen molar-refractivity contribution in [3.05, 3.63) is 0 Å². The first-order valence-corrected chi connectivity index (χ1v) is 13.1. The summed E-state index contributed by atoms with van der Waals surface area (Å²) in [5, 5.41) is 3.31. The van der Waals surface area contributed by atoms with Crippen LogP contribution in [0, 0.1) is 0 Å². The molecule has 8 heteroatoms. The van der Waals surface area contributed by atoms with Crippen molar-refractivity contribution in [3.63, 3.8) is 0 Å². The number of nitrogens with one attached hydrogen (secondary N) is 1. The lowest BCUT2D eigenvalue weighted by atomic mass is 9.94. The fourth-order valence-corrected chi connectivity index (χ4v) is 3.70. The van der Waals surface area contributed by atoms with Crippen LogP contribution in [0.4, 0.5) is 0 Å². The lowest BCUT2D eigenvalue weighted by Gasteiger charge is -2.46. The molecule has 0 radical (unpaired) electrons. The van der Waals surface area contributed by atoms with E-state index in [1.165, 1.54) is 0 Å². The largest absolute Gasteiger partial charge is 0.379 e. The molecule has 0 aromatic rings. The van der Waals surface area contributed by atoms with Crippen LogP contribution >= 0.6 is 12.2 Å². The van der Waals surface area contributed by atoms with Gasteiger partial charge < -0.3 is 34.7 Å². The van der Waals surface area contributed by atoms with Gasteiger partial charge in [-0.15, -0.1) is 0 Å². The van der Waals surface area contributed by atoms with Crippen molar-refractivity contribution in [3.8, 4) is 0 Å². The second kappa shape index (κ2) is 18.9. The van der Waals surface area contributed by atoms with Crippen molar-refractivity contribution >= 4 is 17.3 Å². The Bertz CT molecular complexity index is 472. The highest BCUT2D eigenvalue weighted by Crippen LogP contribution is 2.29. The fourth-order valence-electron chi connectivity index (χ4n) is 3.62. The molecule has 32 heavy (non-hydrogen) atoms. The summed E-state index contributed by atoms with van der Waals surface area (Å²) in [4.78, 5) is 0. The molecule has 1 aliphatic rings. The van der Waals surface area contributed by atoms with E-state index in [0.29, 0.717) is 39.6 Å². The molecule has 7 nitrogen and oxygen atoms in total. The third-order valence-corrected chi connectivity index (χ3v) is 5.70. The number of thiocarbonyl (C=S) groups is 1. The van der Waals surface area contributed by atoms with Gasteiger partial charge in [-0.05, 0) is 37.9 Å². The number of ether oxygens (including phenoxy) is 5. The van der Waals surface area contributed by atoms with E-state index in [-0.39, 0.29) is 35.6 Å². The number of hydrogen-bond donors (Lipinski definition) is 2. The van der Waals surface area contributed by atoms with Crippen LogP contribution in [0.5, 0.6) is 0 Å². The van der Waals surface area contributed by atoms with E-state index < -0.39 is 0 Å². The molecule has 1 rings (SSSR count). The summed E-state index contributed by atoms with van der Waals surface area (Å²) in [6.45, 7) is 12.3. The molecule has 1 saturated heterocycles. The fraction of sp³-hybridized carbons (Fsp3) is 0.958. The maximum atomic E-state index is 6.51. The molecule has 0 unspecified atom stereocenters. The summed E-state index contributed by atoms with van der Waals surface area (Å²) in [7, 11) is 0. The van der Waals surface area contributed by atoms with Gasteiger partial charge in [0.05, 0.1) is 6.61 Å². The zero-order valence-electron chi connectivity index (χ0n) is 20.8. The van der Waals surface area contributed by atoms with Gasteiger partial charge in [0.1, 0.15) is 30.5 Å². The standard InChI is InChI=1S/C24H48N2O5S/c1-5-9-13-27-18-20-22(29-15-11-7-3)23(30-16-12-8-4)21(28-14-10-6-2)19(31-20)17-26-24(25)32/h19-23H,5-18H2,1-4H3,(H3,25,26,32)/t19-,20-,21-,22-,23-/m1/s1. The van der Waals surface area contributed by atoms with Crippen molar-refractivity contribution in [2.45, 2.75) is 110 Å². The molecule has 0 bridgehead atoms. The molecule has 1 heterocycles. The van der Waals surface area contributed by atoms with E-state index in [0.717, 1.165) is 51.4 Å². The van der Waals surface area contributed by atoms with Crippen LogP contribution in [0.25, 0.3) is 0 Å². The highest BCUT2D eigenvalue weighted by molar-refractivity contribution is 7.80. The highest BCUT2D eigenvalue weighted by Gasteiger charge is 2.48. The van der Waals surface area contributed by atoms with Gasteiger partial charge in [-0.25, -0.2) is 0 Å². The minimum Gasteiger partial charge on any atom is -0.379 e. The van der Waals surface area contributed by atoms with Gasteiger partial charge in [0.15, 0.2) is 5.11 Å². The van der Waals surface area contributed by atoms with E-state index in [1.54, 1.807) is 0 Å². The highest BCUT2D eigenvalue weighted by atomic mass is 32.1. The zero-order valence-corrected chi connectivity index (χ0v) is 21.6. The lowest BCUT2D eigenvalue weighted by Crippen LogP contribution is -2.63. The summed E-state index contributed by atoms with van der Waals surface area (Å²) in [6, 6.07) is 0. The van der Waals surface area contributed by atoms with Crippen molar-refractivity contribution in [2.75, 3.05) is 39.6 Å². The lowest BCUT2D eigenvalue weighted by molar-refractivity contribution is -0.264. The average molecular weight is 477 g/mol. The molecule has 0 amide bonds. The van der Waals surface area contributed by atoms with Crippen molar-refractivity contribution in [1.29, 1.82) is 0 Å². The van der Waals surface area contributed by atoms with Crippen molar-refractivity contribution in [2.24, 2.45) is 5.73 Å². The van der Waals surface area contributed by atoms with Crippen LogP contribution in [0.15, 0.2) is 0 Å². The molecule has 1 aliphatic heterocycles. The van der Waals surface area contributed by atoms with E-state index in [2.05, 4.69) is 33.0 Å². The number of nitrogens with two attached hydrogens (primary N) is 1. The van der Waals surface area contributed by atoms with Gasteiger partial charge in [0.25, 0.3) is 0 Å². The summed E-state index contributed by atoms with van der Waals surface area (Å²) in [5.74, 6) is 0. The normalized spacial score (nSPS) is 25.7. The first-order chi connectivity index (χ1) is 15.6. The molecule has 1 fully saturated rings. The summed E-state index contributed by atoms with van der Waals surface area (Å²) < 4.78 is 31.6. The van der Waals surface area contributed by atoms with Crippen LogP contribution in [0.1, 0.15) is 79.1 Å². The Morgan fingerprint density at radius 2 is 1.22 bits per heavy atom. The monoisotopic (exact) mass is 476 g/mol. The molecule has 5 atom stereocenters. The quantitative estimate of drug-likeness (QED) is 0.214. The molecule has 0 aromatic carbocycles. The van der Waals surface area contributed by atoms with Gasteiger partial charge in [0.2, 0.25) is 0 Å². The van der Waals surface area contributed by atoms with Crippen LogP contribution in [-0.4, -0.2) is 75.2 Å². The minimum absolute atomic E-state index is 0.234. The maximum absolute atomic E-state index is 6.51. The van der Waals surface area contributed by atoms with Crippen LogP contribution in [0.3, 0.4) is 0 Å². The smallest absolute Gasteiger partial charge is 0.163 e. The molecule has 0 aromatic heterocycles. The van der Waals surface area contributed by atoms with E-state index >= 15 is 0 Å². The Kier molecular flexibility index (Phi) is 17.4. The summed E-state index contributed by atoms with van der Waals surface area (Å²) in [5.41, 5.74) is 5.71. The van der Waals surface area contributed by atoms with Gasteiger partial charge in [-0.3, -0.25) is 0 Å². The van der Waals surface area contributed by atoms with Crippen LogP contribution in [-0.2, 0) is 23.7 Å². The van der Waals surface area contributed by atoms with Gasteiger partial charge in [-0.2, -0.15) is 0 Å². The van der Waals surface area contributed by atoms with Crippen LogP contribution < -0.4 is 11.1 Å². The molecule has 3 N–H and O–H groups in total. The zero-order chi connectivity index (χ0) is 23.6. The Labute approximate surface area is 201 Å². The van der Waals surface area contributed by atoms with Crippen molar-refractivity contribution in [1.82, 2.24) is 5.32 Å². The molecule has 0 saturated carbocycles. The third kappa shape index (κ3) is 11.6. The Morgan fingerprint density at radius 1 is 0.750 bits per heavy atom. The second-order valence-corrected chi connectivity index (χ2v) is 8.89. The summed E-state index contributed by atoms with van der Waals surface area (Å²) >= 11 is 5.04. The molecular formula is C24H48N2O5S. The maximum Gasteiger partial charge on any atom is 0.163 e. The van der Waals surface area contributed by atoms with Crippen molar-refractivity contribution < 1.29 is 23.7 Å². The predicted molar refractivity (Wildman–Crippen MR) is 133 cm³/mol. The Balaban J connectivity index is 3.07. The van der Waals surface area contributed by atoms with Gasteiger partial charge in [0, 0.05) is 33.0 Å². The van der Waals surface area contributed by atoms with Crippen LogP contribution in [0.2, 0.25) is 0 Å². The molecular weight excluding hydrogens is 428 g/mol. The SMILES string of the molecule is CCCCOC[C@H]1O[C@H](CNC(N)=S)[C@@H](OCCCC)[C@@H](OCCCC)[C@@H]1OCCCC. The Hall–Kier alpha value is -0.510. The third-order valence-electron chi connectivity index (χ3n) is 5.56. The number of hydrogen-bond acceptors (Lipinski definition) is 6. The Morgan fingerprint density at radius 3 is 1.72 bits per heavy atom. The van der Waals surface area contributed by atoms with E-state index in [1.807, 2.05) is 0 Å². The number of unbranched alkanes of at least 4 members (excludes halogenated alkanes) is 4. The number of rotatable bonds is 19. The van der Waals surface area contributed by atoms with Gasteiger partial charge >= 0.3 is 0 Å². The molecule has 190 valence electrons. The molecule has 0 aliphatic carbocycles. The first kappa shape index (κ1) is 29.5. The minimum atomic E-state index is -0.265. The van der Waals surface area contributed by atoms with E-state index in [4.69, 9.17) is 41.6 Å². The van der Waals surface area contributed by atoms with Gasteiger partial charge in [-0.1, -0.05) is 53.4 Å². The topological polar surface area (TPSA) is 84.2 Å². The van der Waals surface area contributed by atoms with E-state index in [9.17, 15) is 0 Å². The summed E-state index contributed by atoms with van der Waals surface area (Å²) in [6.07, 6.45) is 7.07. The second-order valence-electron chi connectivity index (χ2n) is 8.45. The average Bonchev–Trinajstić information content (AvgIpc) is 2.78. The first-order valence-electron chi connectivity index (χ1n) is 12.7.